The summed E-state index contributed by atoms with van der Waals surface area (Å²) in [5.41, 5.74) is 2.94. The molecule has 0 atom stereocenters. The summed E-state index contributed by atoms with van der Waals surface area (Å²) in [6, 6.07) is 16.1. The molecule has 7 heteroatoms. The van der Waals surface area contributed by atoms with Crippen LogP contribution in [-0.2, 0) is 6.18 Å². The van der Waals surface area contributed by atoms with Gasteiger partial charge in [0.25, 0.3) is 0 Å². The average Bonchev–Trinajstić information content (AvgIpc) is 3.09. The van der Waals surface area contributed by atoms with E-state index in [1.54, 1.807) is 24.5 Å². The number of hydrogen-bond acceptors (Lipinski definition) is 3. The Kier molecular flexibility index (Phi) is 3.84. The van der Waals surface area contributed by atoms with Crippen LogP contribution < -0.4 is 5.32 Å². The van der Waals surface area contributed by atoms with Crippen LogP contribution in [0.5, 0.6) is 0 Å². The normalized spacial score (nSPS) is 11.7. The zero-order chi connectivity index (χ0) is 18.1. The lowest BCUT2D eigenvalue weighted by Gasteiger charge is -2.11. The van der Waals surface area contributed by atoms with Gasteiger partial charge in [-0.05, 0) is 42.5 Å². The van der Waals surface area contributed by atoms with E-state index in [4.69, 9.17) is 0 Å². The van der Waals surface area contributed by atoms with Crippen LogP contribution in [0.2, 0.25) is 0 Å². The van der Waals surface area contributed by atoms with Crippen LogP contribution >= 0.6 is 0 Å². The molecular formula is C19H13F3N4. The highest BCUT2D eigenvalue weighted by Crippen LogP contribution is 2.31. The Bertz CT molecular complexity index is 1070. The van der Waals surface area contributed by atoms with Gasteiger partial charge in [-0.25, -0.2) is 9.97 Å². The van der Waals surface area contributed by atoms with Crippen molar-refractivity contribution >= 4 is 22.5 Å². The fourth-order valence-electron chi connectivity index (χ4n) is 2.68. The number of halogens is 3. The van der Waals surface area contributed by atoms with Gasteiger partial charge in [0.2, 0.25) is 0 Å². The maximum absolute atomic E-state index is 12.8. The average molecular weight is 354 g/mol. The van der Waals surface area contributed by atoms with Gasteiger partial charge in [-0.3, -0.25) is 0 Å². The first-order chi connectivity index (χ1) is 12.5. The highest BCUT2D eigenvalue weighted by Gasteiger charge is 2.30. The minimum absolute atomic E-state index is 0.326. The van der Waals surface area contributed by atoms with E-state index in [1.165, 1.54) is 6.07 Å². The second kappa shape index (κ2) is 6.18. The third-order valence-electron chi connectivity index (χ3n) is 3.93. The second-order valence-corrected chi connectivity index (χ2v) is 5.75. The predicted molar refractivity (Wildman–Crippen MR) is 94.1 cm³/mol. The van der Waals surface area contributed by atoms with Gasteiger partial charge in [-0.1, -0.05) is 18.2 Å². The molecule has 0 aliphatic carbocycles. The van der Waals surface area contributed by atoms with Crippen molar-refractivity contribution in [3.63, 3.8) is 0 Å². The highest BCUT2D eigenvalue weighted by molar-refractivity contribution is 5.81. The number of alkyl halides is 3. The quantitative estimate of drug-likeness (QED) is 0.519. The first kappa shape index (κ1) is 16.1. The maximum Gasteiger partial charge on any atom is 0.416 e. The van der Waals surface area contributed by atoms with E-state index in [2.05, 4.69) is 20.3 Å². The van der Waals surface area contributed by atoms with E-state index in [-0.39, 0.29) is 0 Å². The summed E-state index contributed by atoms with van der Waals surface area (Å²) >= 11 is 0. The van der Waals surface area contributed by atoms with Gasteiger partial charge in [0.1, 0.15) is 5.82 Å². The van der Waals surface area contributed by atoms with Crippen molar-refractivity contribution in [2.45, 2.75) is 6.18 Å². The molecular weight excluding hydrogens is 341 g/mol. The minimum atomic E-state index is -4.38. The van der Waals surface area contributed by atoms with E-state index in [0.717, 1.165) is 28.7 Å². The van der Waals surface area contributed by atoms with Crippen molar-refractivity contribution in [2.75, 3.05) is 5.32 Å². The van der Waals surface area contributed by atoms with Gasteiger partial charge >= 0.3 is 6.18 Å². The second-order valence-electron chi connectivity index (χ2n) is 5.75. The van der Waals surface area contributed by atoms with Crippen molar-refractivity contribution in [3.05, 3.63) is 72.6 Å². The van der Waals surface area contributed by atoms with Gasteiger partial charge in [-0.2, -0.15) is 13.2 Å². The van der Waals surface area contributed by atoms with Crippen LogP contribution in [0.4, 0.5) is 24.7 Å². The van der Waals surface area contributed by atoms with E-state index < -0.39 is 11.7 Å². The molecule has 0 radical (unpaired) electrons. The summed E-state index contributed by atoms with van der Waals surface area (Å²) in [7, 11) is 0. The molecule has 2 N–H and O–H groups in total. The first-order valence-electron chi connectivity index (χ1n) is 7.84. The zero-order valence-electron chi connectivity index (χ0n) is 13.4. The number of aromatic nitrogens is 3. The number of hydrogen-bond donors (Lipinski definition) is 2. The largest absolute Gasteiger partial charge is 0.416 e. The van der Waals surface area contributed by atoms with Crippen LogP contribution in [0.1, 0.15) is 5.56 Å². The molecule has 26 heavy (non-hydrogen) atoms. The lowest BCUT2D eigenvalue weighted by Crippen LogP contribution is -2.05. The molecule has 2 aromatic carbocycles. The number of pyridine rings is 1. The Morgan fingerprint density at radius 2 is 1.77 bits per heavy atom. The Labute approximate surface area is 146 Å². The molecule has 4 aromatic rings. The lowest BCUT2D eigenvalue weighted by atomic mass is 10.1. The molecule has 0 spiro atoms. The number of anilines is 2. The molecule has 0 unspecified atom stereocenters. The molecule has 4 rings (SSSR count). The number of imidazole rings is 1. The van der Waals surface area contributed by atoms with Gasteiger partial charge in [-0.15, -0.1) is 0 Å². The maximum atomic E-state index is 12.8. The fraction of sp³-hybridized carbons (Fsp3) is 0.0526. The molecule has 0 amide bonds. The Morgan fingerprint density at radius 3 is 2.62 bits per heavy atom. The van der Waals surface area contributed by atoms with Gasteiger partial charge in [0.05, 0.1) is 28.6 Å². The van der Waals surface area contributed by atoms with Crippen molar-refractivity contribution < 1.29 is 13.2 Å². The zero-order valence-corrected chi connectivity index (χ0v) is 13.4. The van der Waals surface area contributed by atoms with Gasteiger partial charge in [0.15, 0.2) is 0 Å². The van der Waals surface area contributed by atoms with Crippen molar-refractivity contribution in [1.29, 1.82) is 0 Å². The van der Waals surface area contributed by atoms with Crippen LogP contribution in [0.15, 0.2) is 67.0 Å². The smallest absolute Gasteiger partial charge is 0.345 e. The molecule has 0 saturated carbocycles. The Morgan fingerprint density at radius 1 is 0.923 bits per heavy atom. The van der Waals surface area contributed by atoms with Crippen LogP contribution in [0, 0.1) is 0 Å². The summed E-state index contributed by atoms with van der Waals surface area (Å²) in [6.07, 6.45) is -2.76. The highest BCUT2D eigenvalue weighted by atomic mass is 19.4. The Balaban J connectivity index is 1.64. The third kappa shape index (κ3) is 3.23. The molecule has 2 heterocycles. The summed E-state index contributed by atoms with van der Waals surface area (Å²) < 4.78 is 38.5. The molecule has 130 valence electrons. The summed E-state index contributed by atoms with van der Waals surface area (Å²) in [5.74, 6) is 0.462. The first-order valence-corrected chi connectivity index (χ1v) is 7.84. The molecule has 0 saturated heterocycles. The number of H-pyrrole nitrogens is 1. The van der Waals surface area contributed by atoms with Gasteiger partial charge < -0.3 is 10.3 Å². The summed E-state index contributed by atoms with van der Waals surface area (Å²) in [5, 5.41) is 2.93. The SMILES string of the molecule is FC(F)(F)c1cccc(Nc2cccc(-c3ccc4[nH]cnc4c3)n2)c1. The van der Waals surface area contributed by atoms with Crippen molar-refractivity contribution in [2.24, 2.45) is 0 Å². The monoisotopic (exact) mass is 354 g/mol. The van der Waals surface area contributed by atoms with Crippen LogP contribution in [0.3, 0.4) is 0 Å². The number of nitrogens with zero attached hydrogens (tertiary/aromatic N) is 2. The molecule has 0 bridgehead atoms. The van der Waals surface area contributed by atoms with E-state index in [0.29, 0.717) is 17.2 Å². The van der Waals surface area contributed by atoms with Crippen LogP contribution in [0.25, 0.3) is 22.3 Å². The Hall–Kier alpha value is -3.35. The molecule has 0 fully saturated rings. The molecule has 2 aromatic heterocycles. The lowest BCUT2D eigenvalue weighted by molar-refractivity contribution is -0.137. The third-order valence-corrected chi connectivity index (χ3v) is 3.93. The fourth-order valence-corrected chi connectivity index (χ4v) is 2.68. The molecule has 0 aliphatic rings. The summed E-state index contributed by atoms with van der Waals surface area (Å²) in [6.45, 7) is 0. The van der Waals surface area contributed by atoms with E-state index >= 15 is 0 Å². The minimum Gasteiger partial charge on any atom is -0.345 e. The topological polar surface area (TPSA) is 53.6 Å². The van der Waals surface area contributed by atoms with Crippen molar-refractivity contribution in [3.8, 4) is 11.3 Å². The van der Waals surface area contributed by atoms with E-state index in [9.17, 15) is 13.2 Å². The standard InChI is InChI=1S/C19H13F3N4/c20-19(21,22)13-3-1-4-14(10-13)25-18-6-2-5-15(26-18)12-7-8-16-17(9-12)24-11-23-16/h1-11H,(H,23,24)(H,25,26). The molecule has 0 aliphatic heterocycles. The number of benzene rings is 2. The summed E-state index contributed by atoms with van der Waals surface area (Å²) in [4.78, 5) is 11.7. The number of rotatable bonds is 3. The van der Waals surface area contributed by atoms with Crippen LogP contribution in [-0.4, -0.2) is 15.0 Å². The van der Waals surface area contributed by atoms with E-state index in [1.807, 2.05) is 24.3 Å². The molecule has 4 nitrogen and oxygen atoms in total. The van der Waals surface area contributed by atoms with Crippen molar-refractivity contribution in [1.82, 2.24) is 15.0 Å². The van der Waals surface area contributed by atoms with Gasteiger partial charge in [0, 0.05) is 11.3 Å². The number of fused-ring (bicyclic) bond motifs is 1. The number of aromatic amines is 1. The number of nitrogens with one attached hydrogen (secondary N) is 2. The predicted octanol–water partition coefficient (Wildman–Crippen LogP) is 5.39.